The Bertz CT molecular complexity index is 590. The summed E-state index contributed by atoms with van der Waals surface area (Å²) in [5.41, 5.74) is 3.00. The van der Waals surface area contributed by atoms with E-state index in [1.54, 1.807) is 0 Å². The van der Waals surface area contributed by atoms with Gasteiger partial charge in [-0.05, 0) is 35.1 Å². The van der Waals surface area contributed by atoms with Gasteiger partial charge >= 0.3 is 0 Å². The molecule has 0 saturated heterocycles. The minimum Gasteiger partial charge on any atom is -0.336 e. The van der Waals surface area contributed by atoms with Crippen LogP contribution in [0.2, 0.25) is 5.02 Å². The molecule has 0 fully saturated rings. The highest BCUT2D eigenvalue weighted by atomic mass is 35.5. The molecule has 0 aliphatic heterocycles. The van der Waals surface area contributed by atoms with E-state index in [4.69, 9.17) is 11.6 Å². The van der Waals surface area contributed by atoms with Crippen LogP contribution in [-0.4, -0.2) is 16.1 Å². The molecule has 3 nitrogen and oxygen atoms in total. The normalized spacial score (nSPS) is 20.1. The van der Waals surface area contributed by atoms with Crippen LogP contribution in [0.15, 0.2) is 36.9 Å². The third-order valence-corrected chi connectivity index (χ3v) is 4.36. The Morgan fingerprint density at radius 3 is 3.05 bits per heavy atom. The van der Waals surface area contributed by atoms with E-state index in [1.807, 2.05) is 24.8 Å². The zero-order valence-electron chi connectivity index (χ0n) is 11.9. The molecule has 0 bridgehead atoms. The number of nitrogens with zero attached hydrogens (tertiary/aromatic N) is 2. The lowest BCUT2D eigenvalue weighted by atomic mass is 9.85. The fraction of sp³-hybridized carbons (Fsp3) is 0.438. The number of nitrogens with one attached hydrogen (secondary N) is 1. The summed E-state index contributed by atoms with van der Waals surface area (Å²) < 4.78 is 2.09. The van der Waals surface area contributed by atoms with E-state index in [0.717, 1.165) is 24.5 Å². The summed E-state index contributed by atoms with van der Waals surface area (Å²) in [4.78, 5) is 4.07. The fourth-order valence-electron chi connectivity index (χ4n) is 3.15. The highest BCUT2D eigenvalue weighted by Crippen LogP contribution is 2.45. The lowest BCUT2D eigenvalue weighted by Gasteiger charge is -2.28. The predicted molar refractivity (Wildman–Crippen MR) is 81.9 cm³/mol. The van der Waals surface area contributed by atoms with Crippen molar-refractivity contribution in [3.05, 3.63) is 53.1 Å². The van der Waals surface area contributed by atoms with Gasteiger partial charge < -0.3 is 9.88 Å². The Balaban J connectivity index is 1.73. The lowest BCUT2D eigenvalue weighted by Crippen LogP contribution is -2.33. The quantitative estimate of drug-likeness (QED) is 0.934. The molecule has 1 aromatic carbocycles. The Labute approximate surface area is 125 Å². The van der Waals surface area contributed by atoms with Gasteiger partial charge in [0, 0.05) is 36.5 Å². The number of rotatable bonds is 4. The number of fused-ring (bicyclic) bond motifs is 1. The fourth-order valence-corrected chi connectivity index (χ4v) is 3.33. The Morgan fingerprint density at radius 2 is 2.30 bits per heavy atom. The SMILES string of the molecule is CC1(C)Cc2ccc(Cl)cc2C1NCCn1ccnc1. The van der Waals surface area contributed by atoms with Crippen LogP contribution in [0, 0.1) is 5.41 Å². The summed E-state index contributed by atoms with van der Waals surface area (Å²) in [7, 11) is 0. The van der Waals surface area contributed by atoms with Crippen LogP contribution in [0.5, 0.6) is 0 Å². The van der Waals surface area contributed by atoms with Gasteiger partial charge in [-0.15, -0.1) is 0 Å². The molecule has 1 N–H and O–H groups in total. The van der Waals surface area contributed by atoms with Crippen LogP contribution in [0.1, 0.15) is 31.0 Å². The first-order valence-electron chi connectivity index (χ1n) is 7.04. The van der Waals surface area contributed by atoms with E-state index in [0.29, 0.717) is 6.04 Å². The second-order valence-electron chi connectivity index (χ2n) is 6.20. The topological polar surface area (TPSA) is 29.9 Å². The predicted octanol–water partition coefficient (Wildman–Crippen LogP) is 3.45. The molecule has 0 amide bonds. The van der Waals surface area contributed by atoms with E-state index >= 15 is 0 Å². The van der Waals surface area contributed by atoms with Gasteiger partial charge in [0.1, 0.15) is 0 Å². The van der Waals surface area contributed by atoms with Crippen LogP contribution >= 0.6 is 11.6 Å². The van der Waals surface area contributed by atoms with Crippen molar-refractivity contribution >= 4 is 11.6 Å². The van der Waals surface area contributed by atoms with E-state index in [2.05, 4.69) is 40.8 Å². The first-order chi connectivity index (χ1) is 9.56. The third-order valence-electron chi connectivity index (χ3n) is 4.12. The molecule has 0 spiro atoms. The maximum atomic E-state index is 6.16. The minimum absolute atomic E-state index is 0.224. The van der Waals surface area contributed by atoms with Gasteiger partial charge in [-0.25, -0.2) is 4.98 Å². The second kappa shape index (κ2) is 5.23. The minimum atomic E-state index is 0.224. The van der Waals surface area contributed by atoms with Crippen molar-refractivity contribution in [2.24, 2.45) is 5.41 Å². The van der Waals surface area contributed by atoms with Gasteiger partial charge in [-0.2, -0.15) is 0 Å². The van der Waals surface area contributed by atoms with Gasteiger partial charge in [0.05, 0.1) is 6.33 Å². The van der Waals surface area contributed by atoms with Crippen molar-refractivity contribution < 1.29 is 0 Å². The molecule has 1 unspecified atom stereocenters. The zero-order valence-corrected chi connectivity index (χ0v) is 12.7. The molecule has 1 aliphatic carbocycles. The number of hydrogen-bond acceptors (Lipinski definition) is 2. The second-order valence-corrected chi connectivity index (χ2v) is 6.63. The number of hydrogen-bond donors (Lipinski definition) is 1. The highest BCUT2D eigenvalue weighted by Gasteiger charge is 2.38. The molecule has 20 heavy (non-hydrogen) atoms. The van der Waals surface area contributed by atoms with E-state index < -0.39 is 0 Å². The van der Waals surface area contributed by atoms with Crippen molar-refractivity contribution in [2.45, 2.75) is 32.9 Å². The number of halogens is 1. The summed E-state index contributed by atoms with van der Waals surface area (Å²) >= 11 is 6.16. The molecular formula is C16H20ClN3. The molecule has 4 heteroatoms. The summed E-state index contributed by atoms with van der Waals surface area (Å²) in [5.74, 6) is 0. The molecule has 0 radical (unpaired) electrons. The maximum Gasteiger partial charge on any atom is 0.0946 e. The van der Waals surface area contributed by atoms with Crippen LogP contribution < -0.4 is 5.32 Å². The number of aromatic nitrogens is 2. The summed E-state index contributed by atoms with van der Waals surface area (Å²) in [5, 5.41) is 4.51. The highest BCUT2D eigenvalue weighted by molar-refractivity contribution is 6.30. The molecule has 3 rings (SSSR count). The van der Waals surface area contributed by atoms with Crippen molar-refractivity contribution in [1.29, 1.82) is 0 Å². The third kappa shape index (κ3) is 2.60. The number of imidazole rings is 1. The van der Waals surface area contributed by atoms with Crippen molar-refractivity contribution in [3.63, 3.8) is 0 Å². The van der Waals surface area contributed by atoms with Gasteiger partial charge in [0.2, 0.25) is 0 Å². The molecule has 1 aliphatic rings. The largest absolute Gasteiger partial charge is 0.336 e. The van der Waals surface area contributed by atoms with Gasteiger partial charge in [0.25, 0.3) is 0 Å². The van der Waals surface area contributed by atoms with E-state index in [1.165, 1.54) is 11.1 Å². The smallest absolute Gasteiger partial charge is 0.0946 e. The summed E-state index contributed by atoms with van der Waals surface area (Å²) in [6.45, 7) is 6.49. The van der Waals surface area contributed by atoms with Crippen LogP contribution in [0.25, 0.3) is 0 Å². The molecule has 1 heterocycles. The number of benzene rings is 1. The van der Waals surface area contributed by atoms with Gasteiger partial charge in [-0.1, -0.05) is 31.5 Å². The molecule has 1 atom stereocenters. The standard InChI is InChI=1S/C16H20ClN3/c1-16(2)10-12-3-4-13(17)9-14(12)15(16)19-6-8-20-7-5-18-11-20/h3-5,7,9,11,15,19H,6,8,10H2,1-2H3. The van der Waals surface area contributed by atoms with E-state index in [-0.39, 0.29) is 5.41 Å². The Morgan fingerprint density at radius 1 is 1.45 bits per heavy atom. The van der Waals surface area contributed by atoms with Crippen molar-refractivity contribution in [1.82, 2.24) is 14.9 Å². The van der Waals surface area contributed by atoms with Crippen LogP contribution in [-0.2, 0) is 13.0 Å². The average Bonchev–Trinajstić information content (AvgIpc) is 2.97. The van der Waals surface area contributed by atoms with Gasteiger partial charge in [-0.3, -0.25) is 0 Å². The lowest BCUT2D eigenvalue weighted by molar-refractivity contribution is 0.267. The van der Waals surface area contributed by atoms with Crippen LogP contribution in [0.3, 0.4) is 0 Å². The maximum absolute atomic E-state index is 6.16. The summed E-state index contributed by atoms with van der Waals surface area (Å²) in [6.07, 6.45) is 6.76. The molecular weight excluding hydrogens is 270 g/mol. The molecule has 2 aromatic rings. The monoisotopic (exact) mass is 289 g/mol. The van der Waals surface area contributed by atoms with Gasteiger partial charge in [0.15, 0.2) is 0 Å². The molecule has 106 valence electrons. The Hall–Kier alpha value is -1.32. The average molecular weight is 290 g/mol. The molecule has 1 aromatic heterocycles. The van der Waals surface area contributed by atoms with Crippen molar-refractivity contribution in [3.8, 4) is 0 Å². The first kappa shape index (κ1) is 13.7. The van der Waals surface area contributed by atoms with Crippen molar-refractivity contribution in [2.75, 3.05) is 6.54 Å². The molecule has 0 saturated carbocycles. The summed E-state index contributed by atoms with van der Waals surface area (Å²) in [6, 6.07) is 6.63. The zero-order chi connectivity index (χ0) is 14.2. The first-order valence-corrected chi connectivity index (χ1v) is 7.41. The Kier molecular flexibility index (Phi) is 3.57. The van der Waals surface area contributed by atoms with Crippen LogP contribution in [0.4, 0.5) is 0 Å². The van der Waals surface area contributed by atoms with E-state index in [9.17, 15) is 0 Å².